The number of aliphatic hydroxyl groups is 2. The van der Waals surface area contributed by atoms with E-state index in [-0.39, 0.29) is 57.4 Å². The number of ether oxygens (including phenoxy) is 3. The van der Waals surface area contributed by atoms with Gasteiger partial charge in [-0.05, 0) is 47.9 Å². The van der Waals surface area contributed by atoms with Gasteiger partial charge in [-0.15, -0.1) is 30.7 Å². The molecule has 0 amide bonds. The number of aromatic amines is 1. The molecule has 0 saturated carbocycles. The summed E-state index contributed by atoms with van der Waals surface area (Å²) in [7, 11) is -14.1. The van der Waals surface area contributed by atoms with Crippen LogP contribution in [-0.2, 0) is 30.4 Å². The lowest BCUT2D eigenvalue weighted by Gasteiger charge is -2.13. The number of nitro benzene ring substituents is 1. The Labute approximate surface area is 385 Å². The molecule has 69 heavy (non-hydrogen) atoms. The molecule has 32 heteroatoms. The number of nitrogens with zero attached hydrogens (tertiary/aromatic N) is 8. The van der Waals surface area contributed by atoms with E-state index < -0.39 is 116 Å². The topological polar surface area (TPSA) is 444 Å². The van der Waals surface area contributed by atoms with Crippen LogP contribution in [0.4, 0.5) is 39.8 Å². The number of H-pyrrole nitrogens is 1. The molecule has 0 spiro atoms. The molecule has 0 radical (unpaired) electrons. The number of aromatic carboxylic acids is 1. The number of aromatic nitrogens is 2. The Morgan fingerprint density at radius 2 is 1.22 bits per heavy atom. The first-order chi connectivity index (χ1) is 32.5. The van der Waals surface area contributed by atoms with Crippen molar-refractivity contribution in [3.63, 3.8) is 0 Å². The number of carboxylic acid groups (broad SMARTS) is 1. The van der Waals surface area contributed by atoms with Crippen LogP contribution in [0, 0.1) is 10.1 Å². The van der Waals surface area contributed by atoms with E-state index in [9.17, 15) is 79.0 Å². The molecule has 8 N–H and O–H groups in total. The number of methoxy groups -OCH3 is 1. The molecular weight excluding hydrogens is 987 g/mol. The SMILES string of the molecule is COc1ccc(N=Nc2cc(OCCO)c(N=Nc3c(S(=O)(=O)O)cc4cc(-n5[nH]c(C(=O)O)c(N=Nc6ccc([N+](=O)[O-])cc6S(=O)(=O)O)c5=O)ccc4c3O)cc2OCCO)c(S(=O)(=O)O)c1. The molecular formula is C37H31N9O20S3. The van der Waals surface area contributed by atoms with Gasteiger partial charge < -0.3 is 34.6 Å². The van der Waals surface area contributed by atoms with Crippen LogP contribution in [-0.4, -0.2) is 114 Å². The largest absolute Gasteiger partial charge is 0.505 e. The number of aliphatic hydroxyl groups excluding tert-OH is 2. The number of nitrogens with one attached hydrogen (secondary N) is 1. The first-order valence-electron chi connectivity index (χ1n) is 18.6. The van der Waals surface area contributed by atoms with Gasteiger partial charge in [-0.2, -0.15) is 25.3 Å². The molecule has 1 aromatic heterocycles. The minimum absolute atomic E-state index is 0.0510. The predicted molar refractivity (Wildman–Crippen MR) is 232 cm³/mol. The van der Waals surface area contributed by atoms with Crippen LogP contribution in [0.25, 0.3) is 16.5 Å². The Morgan fingerprint density at radius 1 is 0.696 bits per heavy atom. The molecule has 362 valence electrons. The molecule has 0 saturated heterocycles. The summed E-state index contributed by atoms with van der Waals surface area (Å²) in [6, 6.07) is 11.7. The molecule has 0 bridgehead atoms. The standard InChI is InChI=1S/C37H31N9O20S3/c1-64-21-4-7-24(30(15-21)68(58,59)60)38-40-25-16-28(66-11-9-48)26(17-27(25)65-10-8-47)41-42-32-31(69(61,62)63)13-18-12-19(2-5-22(18)35(32)49)45-36(50)33(34(44-45)37(51)52)43-39-23-6-3-20(46(53)54)14-29(23)67(55,56)57/h2-7,12-17,44,47-49H,8-11H2,1H3,(H,51,52)(H,55,56,57)(H,58,59,60)(H,61,62,63). The molecule has 0 aliphatic rings. The number of fused-ring (bicyclic) bond motifs is 1. The van der Waals surface area contributed by atoms with Gasteiger partial charge in [0.25, 0.3) is 41.6 Å². The van der Waals surface area contributed by atoms with E-state index in [4.69, 9.17) is 14.2 Å². The van der Waals surface area contributed by atoms with Gasteiger partial charge >= 0.3 is 5.97 Å². The summed E-state index contributed by atoms with van der Waals surface area (Å²) < 4.78 is 120. The number of azo groups is 3. The van der Waals surface area contributed by atoms with Gasteiger partial charge in [-0.3, -0.25) is 33.7 Å². The number of phenols is 1. The summed E-state index contributed by atoms with van der Waals surface area (Å²) in [5, 5.41) is 76.0. The maximum absolute atomic E-state index is 13.6. The molecule has 5 aromatic carbocycles. The first-order valence-corrected chi connectivity index (χ1v) is 23.0. The van der Waals surface area contributed by atoms with Crippen molar-refractivity contribution in [1.82, 2.24) is 9.78 Å². The van der Waals surface area contributed by atoms with Gasteiger partial charge in [0.2, 0.25) is 0 Å². The minimum Gasteiger partial charge on any atom is -0.505 e. The number of hydrogen-bond donors (Lipinski definition) is 8. The van der Waals surface area contributed by atoms with Crippen molar-refractivity contribution in [3.8, 4) is 28.7 Å². The van der Waals surface area contributed by atoms with Crippen LogP contribution < -0.4 is 19.8 Å². The van der Waals surface area contributed by atoms with E-state index >= 15 is 0 Å². The first kappa shape index (κ1) is 50.3. The Morgan fingerprint density at radius 3 is 1.75 bits per heavy atom. The van der Waals surface area contributed by atoms with Crippen molar-refractivity contribution < 1.29 is 83.3 Å². The molecule has 6 rings (SSSR count). The summed E-state index contributed by atoms with van der Waals surface area (Å²) in [5.41, 5.74) is -6.64. The minimum atomic E-state index is -5.32. The van der Waals surface area contributed by atoms with Crippen molar-refractivity contribution in [2.24, 2.45) is 30.7 Å². The average Bonchev–Trinajstić information content (AvgIpc) is 3.63. The maximum atomic E-state index is 13.6. The number of carboxylic acids is 1. The Balaban J connectivity index is 1.44. The Bertz CT molecular complexity index is 3560. The Hall–Kier alpha value is -8.11. The number of hydrogen-bond acceptors (Lipinski definition) is 22. The van der Waals surface area contributed by atoms with Gasteiger partial charge in [-0.1, -0.05) is 0 Å². The lowest BCUT2D eigenvalue weighted by molar-refractivity contribution is -0.385. The summed E-state index contributed by atoms with van der Waals surface area (Å²) in [6.07, 6.45) is 0. The number of benzene rings is 5. The highest BCUT2D eigenvalue weighted by molar-refractivity contribution is 7.86. The highest BCUT2D eigenvalue weighted by Gasteiger charge is 2.26. The zero-order valence-electron chi connectivity index (χ0n) is 34.5. The second kappa shape index (κ2) is 20.0. The van der Waals surface area contributed by atoms with Crippen LogP contribution in [0.1, 0.15) is 10.5 Å². The quantitative estimate of drug-likeness (QED) is 0.0219. The smallest absolute Gasteiger partial charge is 0.356 e. The third-order valence-electron chi connectivity index (χ3n) is 9.05. The molecule has 29 nitrogen and oxygen atoms in total. The van der Waals surface area contributed by atoms with E-state index in [0.29, 0.717) is 10.7 Å². The molecule has 0 aliphatic heterocycles. The normalized spacial score (nSPS) is 12.4. The third-order valence-corrected chi connectivity index (χ3v) is 11.7. The second-order valence-electron chi connectivity index (χ2n) is 13.5. The van der Waals surface area contributed by atoms with E-state index in [0.717, 1.165) is 60.7 Å². The summed E-state index contributed by atoms with van der Waals surface area (Å²) in [5.74, 6) is -3.16. The number of carbonyl (C=O) groups is 1. The maximum Gasteiger partial charge on any atom is 0.356 e. The number of rotatable bonds is 19. The highest BCUT2D eigenvalue weighted by Crippen LogP contribution is 2.45. The number of phenolic OH excluding ortho intramolecular Hbond substituents is 1. The second-order valence-corrected chi connectivity index (χ2v) is 17.6. The molecule has 0 aliphatic carbocycles. The summed E-state index contributed by atoms with van der Waals surface area (Å²) >= 11 is 0. The van der Waals surface area contributed by atoms with Gasteiger partial charge in [-0.25, -0.2) is 9.48 Å². The molecule has 0 fully saturated rings. The van der Waals surface area contributed by atoms with E-state index in [1.165, 1.54) is 13.2 Å². The van der Waals surface area contributed by atoms with Crippen LogP contribution in [0.5, 0.6) is 23.0 Å². The van der Waals surface area contributed by atoms with Crippen molar-refractivity contribution in [2.45, 2.75) is 14.7 Å². The summed E-state index contributed by atoms with van der Waals surface area (Å²) in [4.78, 5) is 33.1. The van der Waals surface area contributed by atoms with Crippen LogP contribution in [0.15, 0.2) is 123 Å². The average molecular weight is 1020 g/mol. The van der Waals surface area contributed by atoms with Gasteiger partial charge in [0.1, 0.15) is 73.6 Å². The van der Waals surface area contributed by atoms with Crippen LogP contribution >= 0.6 is 0 Å². The van der Waals surface area contributed by atoms with E-state index in [1.54, 1.807) is 0 Å². The fourth-order valence-electron chi connectivity index (χ4n) is 5.99. The third kappa shape index (κ3) is 11.2. The van der Waals surface area contributed by atoms with Gasteiger partial charge in [0.15, 0.2) is 17.1 Å². The van der Waals surface area contributed by atoms with Crippen molar-refractivity contribution >= 4 is 86.9 Å². The monoisotopic (exact) mass is 1020 g/mol. The molecule has 0 atom stereocenters. The van der Waals surface area contributed by atoms with Crippen LogP contribution in [0.2, 0.25) is 0 Å². The molecule has 6 aromatic rings. The van der Waals surface area contributed by atoms with E-state index in [1.807, 2.05) is 0 Å². The molecule has 0 unspecified atom stereocenters. The van der Waals surface area contributed by atoms with Gasteiger partial charge in [0.05, 0.1) is 30.9 Å². The van der Waals surface area contributed by atoms with Crippen molar-refractivity contribution in [3.05, 3.63) is 99.0 Å². The zero-order chi connectivity index (χ0) is 50.6. The van der Waals surface area contributed by atoms with Crippen molar-refractivity contribution in [1.29, 1.82) is 0 Å². The van der Waals surface area contributed by atoms with E-state index in [2.05, 4.69) is 35.8 Å². The summed E-state index contributed by atoms with van der Waals surface area (Å²) in [6.45, 7) is -1.86. The Kier molecular flexibility index (Phi) is 14.6. The highest BCUT2D eigenvalue weighted by atomic mass is 32.2. The van der Waals surface area contributed by atoms with Crippen molar-refractivity contribution in [2.75, 3.05) is 33.5 Å². The lowest BCUT2D eigenvalue weighted by atomic mass is 10.1. The molecule has 1 heterocycles. The van der Waals surface area contributed by atoms with Crippen LogP contribution in [0.3, 0.4) is 0 Å². The predicted octanol–water partition coefficient (Wildman–Crippen LogP) is 5.37. The lowest BCUT2D eigenvalue weighted by Crippen LogP contribution is -2.14. The fraction of sp³-hybridized carbons (Fsp3) is 0.135. The number of aromatic hydroxyl groups is 1. The zero-order valence-corrected chi connectivity index (χ0v) is 36.9. The fourth-order valence-corrected chi connectivity index (χ4v) is 7.93. The number of nitro groups is 1. The number of non-ortho nitro benzene ring substituents is 1. The van der Waals surface area contributed by atoms with Gasteiger partial charge in [0, 0.05) is 35.7 Å².